The minimum Gasteiger partial charge on any atom is -0.382 e. The first kappa shape index (κ1) is 15.2. The summed E-state index contributed by atoms with van der Waals surface area (Å²) in [4.78, 5) is 25.5. The zero-order valence-electron chi connectivity index (χ0n) is 12.5. The van der Waals surface area contributed by atoms with Crippen LogP contribution in [0.2, 0.25) is 0 Å². The topological polar surface area (TPSA) is 73.5 Å². The Hall–Kier alpha value is -2.24. The van der Waals surface area contributed by atoms with Crippen molar-refractivity contribution in [2.24, 2.45) is 5.92 Å². The van der Waals surface area contributed by atoms with Crippen LogP contribution in [0.5, 0.6) is 0 Å². The lowest BCUT2D eigenvalue weighted by Gasteiger charge is -2.31. The zero-order valence-corrected chi connectivity index (χ0v) is 12.5. The summed E-state index contributed by atoms with van der Waals surface area (Å²) in [5.41, 5.74) is 2.00. The van der Waals surface area contributed by atoms with Gasteiger partial charge < -0.3 is 15.5 Å². The normalized spacial score (nSPS) is 13.4. The van der Waals surface area contributed by atoms with Crippen LogP contribution in [-0.2, 0) is 4.79 Å². The van der Waals surface area contributed by atoms with Gasteiger partial charge in [-0.3, -0.25) is 10.1 Å². The Morgan fingerprint density at radius 1 is 1.33 bits per heavy atom. The number of hydrogen-bond acceptors (Lipinski definition) is 4. The molecule has 1 aromatic rings. The average molecular weight is 290 g/mol. The van der Waals surface area contributed by atoms with Crippen molar-refractivity contribution < 1.29 is 9.59 Å². The molecule has 1 aliphatic heterocycles. The van der Waals surface area contributed by atoms with Crippen molar-refractivity contribution in [1.29, 1.82) is 0 Å². The number of nitrogens with one attached hydrogen (secondary N) is 3. The highest BCUT2D eigenvalue weighted by atomic mass is 16.2. The van der Waals surface area contributed by atoms with Gasteiger partial charge in [-0.2, -0.15) is 0 Å². The van der Waals surface area contributed by atoms with Crippen LogP contribution in [0.4, 0.5) is 16.2 Å². The van der Waals surface area contributed by atoms with Crippen molar-refractivity contribution in [3.63, 3.8) is 0 Å². The van der Waals surface area contributed by atoms with Gasteiger partial charge in [0, 0.05) is 19.6 Å². The van der Waals surface area contributed by atoms with Crippen LogP contribution in [0.15, 0.2) is 24.3 Å². The van der Waals surface area contributed by atoms with Gasteiger partial charge in [0.15, 0.2) is 0 Å². The molecular formula is C15H22N4O2. The van der Waals surface area contributed by atoms with Crippen LogP contribution in [0, 0.1) is 5.92 Å². The Morgan fingerprint density at radius 2 is 2.10 bits per heavy atom. The van der Waals surface area contributed by atoms with E-state index >= 15 is 0 Å². The Kier molecular flexibility index (Phi) is 5.03. The molecule has 1 aromatic carbocycles. The lowest BCUT2D eigenvalue weighted by molar-refractivity contribution is -0.118. The van der Waals surface area contributed by atoms with Crippen LogP contribution < -0.4 is 20.9 Å². The molecule has 0 saturated heterocycles. The van der Waals surface area contributed by atoms with Gasteiger partial charge in [0.2, 0.25) is 5.91 Å². The van der Waals surface area contributed by atoms with Crippen LogP contribution >= 0.6 is 0 Å². The quantitative estimate of drug-likeness (QED) is 0.783. The summed E-state index contributed by atoms with van der Waals surface area (Å²) in [5, 5.41) is 8.32. The second-order valence-corrected chi connectivity index (χ2v) is 5.52. The molecule has 0 aromatic heterocycles. The fraction of sp³-hybridized carbons (Fsp3) is 0.467. The van der Waals surface area contributed by atoms with Crippen molar-refractivity contribution >= 4 is 23.3 Å². The summed E-state index contributed by atoms with van der Waals surface area (Å²) in [6.07, 6.45) is 0. The molecule has 114 valence electrons. The van der Waals surface area contributed by atoms with Gasteiger partial charge in [0.1, 0.15) is 0 Å². The molecule has 3 amide bonds. The molecule has 1 heterocycles. The predicted molar refractivity (Wildman–Crippen MR) is 83.5 cm³/mol. The molecule has 2 rings (SSSR count). The summed E-state index contributed by atoms with van der Waals surface area (Å²) >= 11 is 0. The Bertz CT molecular complexity index is 516. The molecule has 6 nitrogen and oxygen atoms in total. The minimum atomic E-state index is -0.433. The second-order valence-electron chi connectivity index (χ2n) is 5.52. The third kappa shape index (κ3) is 4.37. The fourth-order valence-electron chi connectivity index (χ4n) is 2.19. The number of fused-ring (bicyclic) bond motifs is 1. The first-order valence-electron chi connectivity index (χ1n) is 7.22. The molecular weight excluding hydrogens is 268 g/mol. The van der Waals surface area contributed by atoms with Gasteiger partial charge >= 0.3 is 6.03 Å². The van der Waals surface area contributed by atoms with E-state index in [1.54, 1.807) is 0 Å². The van der Waals surface area contributed by atoms with E-state index in [-0.39, 0.29) is 12.5 Å². The van der Waals surface area contributed by atoms with Crippen molar-refractivity contribution in [3.8, 4) is 0 Å². The summed E-state index contributed by atoms with van der Waals surface area (Å²) in [6.45, 7) is 6.24. The maximum atomic E-state index is 11.9. The van der Waals surface area contributed by atoms with Crippen molar-refractivity contribution in [1.82, 2.24) is 10.6 Å². The van der Waals surface area contributed by atoms with E-state index in [0.717, 1.165) is 24.5 Å². The SMILES string of the molecule is CC(C)CNC(=O)NC(=O)CN1CCNc2ccccc21. The number of amides is 3. The third-order valence-corrected chi connectivity index (χ3v) is 3.20. The van der Waals surface area contributed by atoms with Crippen LogP contribution in [0.25, 0.3) is 0 Å². The second kappa shape index (κ2) is 6.97. The molecule has 3 N–H and O–H groups in total. The molecule has 0 radical (unpaired) electrons. The minimum absolute atomic E-state index is 0.174. The van der Waals surface area contributed by atoms with E-state index in [2.05, 4.69) is 16.0 Å². The van der Waals surface area contributed by atoms with Crippen LogP contribution in [0.1, 0.15) is 13.8 Å². The predicted octanol–water partition coefficient (Wildman–Crippen LogP) is 1.40. The molecule has 21 heavy (non-hydrogen) atoms. The third-order valence-electron chi connectivity index (χ3n) is 3.20. The van der Waals surface area contributed by atoms with E-state index in [1.165, 1.54) is 0 Å². The van der Waals surface area contributed by atoms with E-state index < -0.39 is 6.03 Å². The molecule has 6 heteroatoms. The number of urea groups is 1. The Morgan fingerprint density at radius 3 is 2.86 bits per heavy atom. The van der Waals surface area contributed by atoms with E-state index in [0.29, 0.717) is 12.5 Å². The highest BCUT2D eigenvalue weighted by Gasteiger charge is 2.19. The molecule has 1 aliphatic rings. The number of para-hydroxylation sites is 2. The number of carbonyl (C=O) groups is 2. The molecule has 0 saturated carbocycles. The smallest absolute Gasteiger partial charge is 0.321 e. The lowest BCUT2D eigenvalue weighted by atomic mass is 10.2. The highest BCUT2D eigenvalue weighted by Crippen LogP contribution is 2.27. The van der Waals surface area contributed by atoms with E-state index in [9.17, 15) is 9.59 Å². The van der Waals surface area contributed by atoms with Gasteiger partial charge in [0.25, 0.3) is 0 Å². The molecule has 0 spiro atoms. The number of imide groups is 1. The standard InChI is InChI=1S/C15H22N4O2/c1-11(2)9-17-15(21)18-14(20)10-19-8-7-16-12-5-3-4-6-13(12)19/h3-6,11,16H,7-10H2,1-2H3,(H2,17,18,20,21). The van der Waals surface area contributed by atoms with Crippen molar-refractivity contribution in [3.05, 3.63) is 24.3 Å². The Balaban J connectivity index is 1.88. The summed E-state index contributed by atoms with van der Waals surface area (Å²) in [6, 6.07) is 7.40. The summed E-state index contributed by atoms with van der Waals surface area (Å²) in [5.74, 6) is 0.0545. The number of rotatable bonds is 4. The maximum Gasteiger partial charge on any atom is 0.321 e. The first-order valence-corrected chi connectivity index (χ1v) is 7.22. The highest BCUT2D eigenvalue weighted by molar-refractivity contribution is 5.96. The zero-order chi connectivity index (χ0) is 15.2. The van der Waals surface area contributed by atoms with E-state index in [1.807, 2.05) is 43.0 Å². The van der Waals surface area contributed by atoms with Crippen molar-refractivity contribution in [2.45, 2.75) is 13.8 Å². The fourth-order valence-corrected chi connectivity index (χ4v) is 2.19. The number of carbonyl (C=O) groups excluding carboxylic acids is 2. The average Bonchev–Trinajstić information content (AvgIpc) is 2.45. The Labute approximate surface area is 124 Å². The maximum absolute atomic E-state index is 11.9. The first-order chi connectivity index (χ1) is 10.1. The number of benzene rings is 1. The molecule has 0 unspecified atom stereocenters. The number of anilines is 2. The lowest BCUT2D eigenvalue weighted by Crippen LogP contribution is -2.47. The largest absolute Gasteiger partial charge is 0.382 e. The number of hydrogen-bond donors (Lipinski definition) is 3. The van der Waals surface area contributed by atoms with Crippen LogP contribution in [-0.4, -0.2) is 38.1 Å². The molecule has 0 atom stereocenters. The monoisotopic (exact) mass is 290 g/mol. The van der Waals surface area contributed by atoms with Crippen molar-refractivity contribution in [2.75, 3.05) is 36.4 Å². The summed E-state index contributed by atoms with van der Waals surface area (Å²) < 4.78 is 0. The van der Waals surface area contributed by atoms with Gasteiger partial charge in [0.05, 0.1) is 17.9 Å². The van der Waals surface area contributed by atoms with Crippen LogP contribution in [0.3, 0.4) is 0 Å². The number of nitrogens with zero attached hydrogens (tertiary/aromatic N) is 1. The van der Waals surface area contributed by atoms with Gasteiger partial charge in [-0.05, 0) is 18.1 Å². The van der Waals surface area contributed by atoms with E-state index in [4.69, 9.17) is 0 Å². The molecule has 0 aliphatic carbocycles. The van der Waals surface area contributed by atoms with Gasteiger partial charge in [-0.1, -0.05) is 26.0 Å². The van der Waals surface area contributed by atoms with Gasteiger partial charge in [-0.25, -0.2) is 4.79 Å². The van der Waals surface area contributed by atoms with Gasteiger partial charge in [-0.15, -0.1) is 0 Å². The molecule has 0 fully saturated rings. The summed E-state index contributed by atoms with van der Waals surface area (Å²) in [7, 11) is 0. The molecule has 0 bridgehead atoms.